The lowest BCUT2D eigenvalue weighted by molar-refractivity contribution is -0.141. The predicted molar refractivity (Wildman–Crippen MR) is 93.1 cm³/mol. The van der Waals surface area contributed by atoms with Gasteiger partial charge in [-0.05, 0) is 18.9 Å². The van der Waals surface area contributed by atoms with E-state index in [0.717, 1.165) is 25.2 Å². The molecule has 1 saturated heterocycles. The lowest BCUT2D eigenvalue weighted by Crippen LogP contribution is -2.41. The second kappa shape index (κ2) is 6.73. The van der Waals surface area contributed by atoms with Crippen LogP contribution in [0.5, 0.6) is 0 Å². The molecule has 1 fully saturated rings. The molecular formula is C17H16F3N7O. The standard InChI is InChI=1S/C17H16F3N7O/c18-17(19,20)12-9-27-11(6-24-14(27)7-23-12)16-22-4-3-13(25-16)26-5-1-2-10(8-26)15(21)28/h3-4,6-7,9-10H,1-2,5,8H2,(H2,21,28)/t10-/m0/s1. The van der Waals surface area contributed by atoms with Gasteiger partial charge >= 0.3 is 6.18 Å². The van der Waals surface area contributed by atoms with Crippen molar-refractivity contribution in [1.29, 1.82) is 0 Å². The van der Waals surface area contributed by atoms with E-state index in [0.29, 0.717) is 24.6 Å². The normalized spacial score (nSPS) is 17.8. The van der Waals surface area contributed by atoms with Gasteiger partial charge in [0.15, 0.2) is 17.2 Å². The first-order chi connectivity index (χ1) is 13.3. The number of fused-ring (bicyclic) bond motifs is 1. The van der Waals surface area contributed by atoms with Crippen LogP contribution in [-0.2, 0) is 11.0 Å². The van der Waals surface area contributed by atoms with Gasteiger partial charge in [-0.1, -0.05) is 0 Å². The third-order valence-electron chi connectivity index (χ3n) is 4.70. The Labute approximate surface area is 157 Å². The zero-order valence-electron chi connectivity index (χ0n) is 14.6. The molecule has 146 valence electrons. The number of rotatable bonds is 3. The van der Waals surface area contributed by atoms with Gasteiger partial charge in [0.05, 0.1) is 18.3 Å². The Morgan fingerprint density at radius 2 is 2.04 bits per heavy atom. The first kappa shape index (κ1) is 18.1. The Hall–Kier alpha value is -3.24. The van der Waals surface area contributed by atoms with E-state index < -0.39 is 11.9 Å². The topological polar surface area (TPSA) is 102 Å². The van der Waals surface area contributed by atoms with Crippen molar-refractivity contribution in [3.63, 3.8) is 0 Å². The van der Waals surface area contributed by atoms with E-state index in [1.165, 1.54) is 16.8 Å². The number of aromatic nitrogens is 5. The number of carbonyl (C=O) groups excluding carboxylic acids is 1. The minimum absolute atomic E-state index is 0.227. The molecule has 4 heterocycles. The fraction of sp³-hybridized carbons (Fsp3) is 0.353. The molecule has 1 aliphatic rings. The highest BCUT2D eigenvalue weighted by Gasteiger charge is 2.33. The minimum atomic E-state index is -4.57. The average Bonchev–Trinajstić information content (AvgIpc) is 3.11. The van der Waals surface area contributed by atoms with Gasteiger partial charge in [-0.25, -0.2) is 19.9 Å². The third kappa shape index (κ3) is 3.35. The maximum absolute atomic E-state index is 13.0. The molecule has 2 N–H and O–H groups in total. The van der Waals surface area contributed by atoms with Crippen LogP contribution in [0.25, 0.3) is 17.2 Å². The van der Waals surface area contributed by atoms with Crippen LogP contribution in [-0.4, -0.2) is 43.3 Å². The lowest BCUT2D eigenvalue weighted by atomic mass is 9.97. The van der Waals surface area contributed by atoms with Crippen LogP contribution in [0.2, 0.25) is 0 Å². The molecule has 0 spiro atoms. The molecule has 11 heteroatoms. The monoisotopic (exact) mass is 391 g/mol. The van der Waals surface area contributed by atoms with Crippen molar-refractivity contribution in [3.05, 3.63) is 36.5 Å². The van der Waals surface area contributed by atoms with Crippen LogP contribution in [0.4, 0.5) is 19.0 Å². The number of piperidine rings is 1. The Kier molecular flexibility index (Phi) is 4.36. The Morgan fingerprint density at radius 1 is 1.21 bits per heavy atom. The quantitative estimate of drug-likeness (QED) is 0.732. The van der Waals surface area contributed by atoms with Gasteiger partial charge in [0.25, 0.3) is 0 Å². The van der Waals surface area contributed by atoms with Crippen molar-refractivity contribution in [2.45, 2.75) is 19.0 Å². The number of hydrogen-bond acceptors (Lipinski definition) is 6. The summed E-state index contributed by atoms with van der Waals surface area (Å²) in [4.78, 5) is 29.6. The number of nitrogens with two attached hydrogens (primary N) is 1. The highest BCUT2D eigenvalue weighted by atomic mass is 19.4. The van der Waals surface area contributed by atoms with Crippen molar-refractivity contribution < 1.29 is 18.0 Å². The zero-order chi connectivity index (χ0) is 19.9. The summed E-state index contributed by atoms with van der Waals surface area (Å²) in [6.45, 7) is 1.15. The Bertz CT molecular complexity index is 1030. The fourth-order valence-electron chi connectivity index (χ4n) is 3.27. The zero-order valence-corrected chi connectivity index (χ0v) is 14.6. The summed E-state index contributed by atoms with van der Waals surface area (Å²) < 4.78 is 40.2. The molecule has 1 amide bonds. The molecule has 28 heavy (non-hydrogen) atoms. The predicted octanol–water partition coefficient (Wildman–Crippen LogP) is 1.91. The highest BCUT2D eigenvalue weighted by molar-refractivity contribution is 5.77. The number of primary amides is 1. The van der Waals surface area contributed by atoms with Crippen LogP contribution in [0.15, 0.2) is 30.9 Å². The molecular weight excluding hydrogens is 375 g/mol. The third-order valence-corrected chi connectivity index (χ3v) is 4.70. The summed E-state index contributed by atoms with van der Waals surface area (Å²) in [6.07, 6.45) is 1.80. The molecule has 0 bridgehead atoms. The number of anilines is 1. The van der Waals surface area contributed by atoms with Crippen molar-refractivity contribution in [2.24, 2.45) is 11.7 Å². The minimum Gasteiger partial charge on any atom is -0.369 e. The molecule has 0 aromatic carbocycles. The van der Waals surface area contributed by atoms with E-state index >= 15 is 0 Å². The molecule has 0 saturated carbocycles. The number of hydrogen-bond donors (Lipinski definition) is 1. The Balaban J connectivity index is 1.71. The number of carbonyl (C=O) groups is 1. The second-order valence-corrected chi connectivity index (χ2v) is 6.57. The highest BCUT2D eigenvalue weighted by Crippen LogP contribution is 2.29. The number of imidazole rings is 1. The van der Waals surface area contributed by atoms with Gasteiger partial charge in [-0.2, -0.15) is 13.2 Å². The van der Waals surface area contributed by atoms with Gasteiger partial charge in [0.2, 0.25) is 5.91 Å². The Morgan fingerprint density at radius 3 is 2.79 bits per heavy atom. The second-order valence-electron chi connectivity index (χ2n) is 6.57. The number of nitrogens with zero attached hydrogens (tertiary/aromatic N) is 6. The van der Waals surface area contributed by atoms with Crippen LogP contribution in [0.3, 0.4) is 0 Å². The molecule has 8 nitrogen and oxygen atoms in total. The van der Waals surface area contributed by atoms with Crippen molar-refractivity contribution in [3.8, 4) is 11.5 Å². The van der Waals surface area contributed by atoms with E-state index in [1.807, 2.05) is 4.90 Å². The SMILES string of the molecule is NC(=O)[C@H]1CCCN(c2ccnc(-c3cnc4cnc(C(F)(F)F)cn34)n2)C1. The van der Waals surface area contributed by atoms with E-state index in [1.54, 1.807) is 6.07 Å². The summed E-state index contributed by atoms with van der Waals surface area (Å²) in [7, 11) is 0. The van der Waals surface area contributed by atoms with Gasteiger partial charge in [-0.3, -0.25) is 9.20 Å². The average molecular weight is 391 g/mol. The maximum Gasteiger partial charge on any atom is 0.434 e. The molecule has 3 aromatic rings. The van der Waals surface area contributed by atoms with Crippen LogP contribution < -0.4 is 10.6 Å². The van der Waals surface area contributed by atoms with Gasteiger partial charge in [-0.15, -0.1) is 0 Å². The van der Waals surface area contributed by atoms with E-state index in [-0.39, 0.29) is 23.3 Å². The van der Waals surface area contributed by atoms with Crippen LogP contribution >= 0.6 is 0 Å². The van der Waals surface area contributed by atoms with E-state index in [2.05, 4.69) is 19.9 Å². The largest absolute Gasteiger partial charge is 0.434 e. The molecule has 3 aromatic heterocycles. The molecule has 1 aliphatic heterocycles. The molecule has 1 atom stereocenters. The molecule has 4 rings (SSSR count). The van der Waals surface area contributed by atoms with Crippen molar-refractivity contribution in [2.75, 3.05) is 18.0 Å². The molecule has 0 unspecified atom stereocenters. The number of amides is 1. The van der Waals surface area contributed by atoms with Crippen molar-refractivity contribution in [1.82, 2.24) is 24.3 Å². The van der Waals surface area contributed by atoms with E-state index in [9.17, 15) is 18.0 Å². The van der Waals surface area contributed by atoms with Crippen molar-refractivity contribution >= 4 is 17.4 Å². The summed E-state index contributed by atoms with van der Waals surface area (Å²) in [5.74, 6) is 0.192. The summed E-state index contributed by atoms with van der Waals surface area (Å²) >= 11 is 0. The number of alkyl halides is 3. The first-order valence-corrected chi connectivity index (χ1v) is 8.61. The van der Waals surface area contributed by atoms with Gasteiger partial charge in [0, 0.05) is 25.5 Å². The van der Waals surface area contributed by atoms with Crippen LogP contribution in [0.1, 0.15) is 18.5 Å². The molecule has 0 radical (unpaired) electrons. The fourth-order valence-corrected chi connectivity index (χ4v) is 3.27. The smallest absolute Gasteiger partial charge is 0.369 e. The molecule has 0 aliphatic carbocycles. The van der Waals surface area contributed by atoms with E-state index in [4.69, 9.17) is 5.73 Å². The number of halogens is 3. The summed E-state index contributed by atoms with van der Waals surface area (Å²) in [5, 5.41) is 0. The summed E-state index contributed by atoms with van der Waals surface area (Å²) in [6, 6.07) is 1.69. The maximum atomic E-state index is 13.0. The van der Waals surface area contributed by atoms with Gasteiger partial charge < -0.3 is 10.6 Å². The van der Waals surface area contributed by atoms with Gasteiger partial charge in [0.1, 0.15) is 11.5 Å². The summed E-state index contributed by atoms with van der Waals surface area (Å²) in [5.41, 5.74) is 4.95. The first-order valence-electron chi connectivity index (χ1n) is 8.61. The van der Waals surface area contributed by atoms with Crippen LogP contribution in [0, 0.1) is 5.92 Å². The lowest BCUT2D eigenvalue weighted by Gasteiger charge is -2.32.